The molecule has 3 rings (SSSR count). The molecule has 0 amide bonds. The number of nitrogens with two attached hydrogens (primary N) is 1. The van der Waals surface area contributed by atoms with Gasteiger partial charge in [0.05, 0.1) is 0 Å². The molecule has 2 heteroatoms. The number of benzene rings is 1. The number of fused-ring (bicyclic) bond motifs is 1. The van der Waals surface area contributed by atoms with Crippen LogP contribution in [0.2, 0.25) is 0 Å². The average Bonchev–Trinajstić information content (AvgIpc) is 2.79. The lowest BCUT2D eigenvalue weighted by Gasteiger charge is -2.21. The zero-order valence-corrected chi connectivity index (χ0v) is 10.7. The van der Waals surface area contributed by atoms with E-state index in [1.54, 1.807) is 0 Å². The van der Waals surface area contributed by atoms with Crippen LogP contribution < -0.4 is 11.3 Å². The lowest BCUT2D eigenvalue weighted by Crippen LogP contribution is -2.31. The summed E-state index contributed by atoms with van der Waals surface area (Å²) in [5, 5.41) is 0. The van der Waals surface area contributed by atoms with Crippen LogP contribution in [0, 0.1) is 31.6 Å². The molecule has 0 aromatic heterocycles. The first-order valence-electron chi connectivity index (χ1n) is 6.75. The van der Waals surface area contributed by atoms with Gasteiger partial charge in [-0.15, -0.1) is 0 Å². The van der Waals surface area contributed by atoms with Crippen LogP contribution in [0.25, 0.3) is 0 Å². The van der Waals surface area contributed by atoms with E-state index in [0.717, 1.165) is 17.8 Å². The molecular formula is C15H22N2. The van der Waals surface area contributed by atoms with Crippen molar-refractivity contribution in [1.82, 2.24) is 5.43 Å². The van der Waals surface area contributed by atoms with Crippen molar-refractivity contribution in [1.29, 1.82) is 0 Å². The minimum absolute atomic E-state index is 0.366. The third kappa shape index (κ3) is 1.80. The fraction of sp³-hybridized carbons (Fsp3) is 0.600. The maximum Gasteiger partial charge on any atom is 0.0496 e. The molecule has 17 heavy (non-hydrogen) atoms. The second-order valence-corrected chi connectivity index (χ2v) is 5.84. The zero-order chi connectivity index (χ0) is 12.0. The van der Waals surface area contributed by atoms with Crippen LogP contribution in [-0.2, 0) is 0 Å². The Hall–Kier alpha value is -0.860. The number of hydrogen-bond donors (Lipinski definition) is 2. The fourth-order valence-corrected chi connectivity index (χ4v) is 3.87. The molecular weight excluding hydrogens is 208 g/mol. The monoisotopic (exact) mass is 230 g/mol. The molecule has 3 atom stereocenters. The second-order valence-electron chi connectivity index (χ2n) is 5.84. The molecule has 3 unspecified atom stereocenters. The highest BCUT2D eigenvalue weighted by Crippen LogP contribution is 2.62. The molecule has 0 spiro atoms. The molecule has 2 aliphatic carbocycles. The third-order valence-corrected chi connectivity index (χ3v) is 4.81. The average molecular weight is 230 g/mol. The third-order valence-electron chi connectivity index (χ3n) is 4.81. The number of rotatable bonds is 3. The van der Waals surface area contributed by atoms with Crippen molar-refractivity contribution in [2.45, 2.75) is 39.2 Å². The lowest BCUT2D eigenvalue weighted by atomic mass is 9.93. The van der Waals surface area contributed by atoms with E-state index in [0.29, 0.717) is 6.04 Å². The molecule has 2 saturated carbocycles. The van der Waals surface area contributed by atoms with Crippen molar-refractivity contribution in [2.24, 2.45) is 23.6 Å². The van der Waals surface area contributed by atoms with Gasteiger partial charge in [0.15, 0.2) is 0 Å². The largest absolute Gasteiger partial charge is 0.271 e. The first-order chi connectivity index (χ1) is 8.22. The van der Waals surface area contributed by atoms with E-state index in [2.05, 4.69) is 37.5 Å². The first-order valence-corrected chi connectivity index (χ1v) is 6.75. The van der Waals surface area contributed by atoms with Gasteiger partial charge in [0, 0.05) is 6.04 Å². The van der Waals surface area contributed by atoms with Crippen molar-refractivity contribution in [2.75, 3.05) is 0 Å². The highest BCUT2D eigenvalue weighted by atomic mass is 15.2. The molecule has 0 radical (unpaired) electrons. The van der Waals surface area contributed by atoms with Gasteiger partial charge in [-0.25, -0.2) is 0 Å². The Morgan fingerprint density at radius 1 is 1.24 bits per heavy atom. The van der Waals surface area contributed by atoms with Gasteiger partial charge in [-0.2, -0.15) is 0 Å². The fourth-order valence-electron chi connectivity index (χ4n) is 3.87. The van der Waals surface area contributed by atoms with E-state index in [1.807, 2.05) is 0 Å². The lowest BCUT2D eigenvalue weighted by molar-refractivity contribution is 0.423. The smallest absolute Gasteiger partial charge is 0.0496 e. The van der Waals surface area contributed by atoms with E-state index in [4.69, 9.17) is 5.84 Å². The number of aryl methyl sites for hydroxylation is 2. The van der Waals surface area contributed by atoms with Crippen molar-refractivity contribution in [3.8, 4) is 0 Å². The Labute approximate surface area is 104 Å². The predicted molar refractivity (Wildman–Crippen MR) is 70.3 cm³/mol. The van der Waals surface area contributed by atoms with Crippen LogP contribution in [-0.4, -0.2) is 0 Å². The molecule has 92 valence electrons. The van der Waals surface area contributed by atoms with Gasteiger partial charge in [0.2, 0.25) is 0 Å². The molecule has 2 nitrogen and oxygen atoms in total. The Kier molecular flexibility index (Phi) is 2.72. The molecule has 1 aromatic rings. The second kappa shape index (κ2) is 4.11. The van der Waals surface area contributed by atoms with Crippen molar-refractivity contribution < 1.29 is 0 Å². The summed E-state index contributed by atoms with van der Waals surface area (Å²) in [6, 6.07) is 7.06. The van der Waals surface area contributed by atoms with Gasteiger partial charge in [0.25, 0.3) is 0 Å². The van der Waals surface area contributed by atoms with E-state index in [9.17, 15) is 0 Å². The van der Waals surface area contributed by atoms with Gasteiger partial charge in [0.1, 0.15) is 0 Å². The topological polar surface area (TPSA) is 38.0 Å². The molecule has 0 aliphatic heterocycles. The minimum atomic E-state index is 0.366. The van der Waals surface area contributed by atoms with Crippen LogP contribution in [0.1, 0.15) is 42.0 Å². The van der Waals surface area contributed by atoms with Gasteiger partial charge >= 0.3 is 0 Å². The normalized spacial score (nSPS) is 32.3. The van der Waals surface area contributed by atoms with Crippen LogP contribution in [0.5, 0.6) is 0 Å². The SMILES string of the molecule is Cc1ccc(C)c(C(NN)C2C3CCCC32)c1. The van der Waals surface area contributed by atoms with Gasteiger partial charge in [-0.05, 0) is 55.6 Å². The summed E-state index contributed by atoms with van der Waals surface area (Å²) in [5.74, 6) is 8.49. The zero-order valence-electron chi connectivity index (χ0n) is 10.7. The summed E-state index contributed by atoms with van der Waals surface area (Å²) in [6.45, 7) is 4.35. The van der Waals surface area contributed by atoms with Crippen LogP contribution in [0.4, 0.5) is 0 Å². The van der Waals surface area contributed by atoms with Crippen molar-refractivity contribution in [3.05, 3.63) is 34.9 Å². The Morgan fingerprint density at radius 2 is 1.94 bits per heavy atom. The van der Waals surface area contributed by atoms with Crippen LogP contribution in [0.3, 0.4) is 0 Å². The molecule has 1 aromatic carbocycles. The summed E-state index contributed by atoms with van der Waals surface area (Å²) in [7, 11) is 0. The molecule has 0 heterocycles. The van der Waals surface area contributed by atoms with E-state index >= 15 is 0 Å². The van der Waals surface area contributed by atoms with E-state index < -0.39 is 0 Å². The standard InChI is InChI=1S/C15H22N2/c1-9-6-7-10(2)13(8-9)15(17-16)14-11-4-3-5-12(11)14/h6-8,11-12,14-15,17H,3-5,16H2,1-2H3. The van der Waals surface area contributed by atoms with E-state index in [1.165, 1.54) is 36.0 Å². The summed E-state index contributed by atoms with van der Waals surface area (Å²) in [6.07, 6.45) is 4.26. The Bertz CT molecular complexity index is 417. The van der Waals surface area contributed by atoms with E-state index in [-0.39, 0.29) is 0 Å². The quantitative estimate of drug-likeness (QED) is 0.619. The Balaban J connectivity index is 1.88. The van der Waals surface area contributed by atoms with Gasteiger partial charge in [-0.1, -0.05) is 30.2 Å². The van der Waals surface area contributed by atoms with Crippen LogP contribution >= 0.6 is 0 Å². The molecule has 3 N–H and O–H groups in total. The predicted octanol–water partition coefficient (Wildman–Crippen LogP) is 2.85. The molecule has 0 bridgehead atoms. The Morgan fingerprint density at radius 3 is 2.59 bits per heavy atom. The van der Waals surface area contributed by atoms with Crippen LogP contribution in [0.15, 0.2) is 18.2 Å². The van der Waals surface area contributed by atoms with Gasteiger partial charge < -0.3 is 0 Å². The minimum Gasteiger partial charge on any atom is -0.271 e. The molecule has 2 aliphatic rings. The van der Waals surface area contributed by atoms with Gasteiger partial charge in [-0.3, -0.25) is 11.3 Å². The summed E-state index contributed by atoms with van der Waals surface area (Å²) in [5.41, 5.74) is 7.18. The maximum atomic E-state index is 5.82. The summed E-state index contributed by atoms with van der Waals surface area (Å²) < 4.78 is 0. The number of hydrazine groups is 1. The summed E-state index contributed by atoms with van der Waals surface area (Å²) >= 11 is 0. The number of nitrogens with one attached hydrogen (secondary N) is 1. The number of hydrogen-bond acceptors (Lipinski definition) is 2. The van der Waals surface area contributed by atoms with Crippen molar-refractivity contribution in [3.63, 3.8) is 0 Å². The summed E-state index contributed by atoms with van der Waals surface area (Å²) in [4.78, 5) is 0. The highest BCUT2D eigenvalue weighted by molar-refractivity contribution is 5.35. The highest BCUT2D eigenvalue weighted by Gasteiger charge is 2.56. The molecule has 0 saturated heterocycles. The van der Waals surface area contributed by atoms with Crippen molar-refractivity contribution >= 4 is 0 Å². The maximum absolute atomic E-state index is 5.82. The molecule has 2 fully saturated rings. The first kappa shape index (κ1) is 11.2.